The summed E-state index contributed by atoms with van der Waals surface area (Å²) in [6.07, 6.45) is 4.57. The Balaban J connectivity index is 1.95. The molecule has 3 rings (SSSR count). The molecule has 22 heavy (non-hydrogen) atoms. The second-order valence-electron chi connectivity index (χ2n) is 6.67. The maximum atomic E-state index is 10.2. The summed E-state index contributed by atoms with van der Waals surface area (Å²) in [7, 11) is 0. The molecule has 0 unspecified atom stereocenters. The van der Waals surface area contributed by atoms with Gasteiger partial charge in [0.05, 0.1) is 6.07 Å². The van der Waals surface area contributed by atoms with Gasteiger partial charge in [-0.05, 0) is 49.8 Å². The highest BCUT2D eigenvalue weighted by molar-refractivity contribution is 5.52. The minimum atomic E-state index is -0.0213. The van der Waals surface area contributed by atoms with Gasteiger partial charge in [-0.3, -0.25) is 4.90 Å². The molecule has 4 heteroatoms. The molecule has 1 aliphatic heterocycles. The van der Waals surface area contributed by atoms with E-state index in [9.17, 15) is 10.2 Å². The van der Waals surface area contributed by atoms with Crippen molar-refractivity contribution in [3.63, 3.8) is 0 Å². The van der Waals surface area contributed by atoms with Crippen LogP contribution in [0, 0.1) is 17.2 Å². The van der Waals surface area contributed by atoms with Crippen molar-refractivity contribution >= 4 is 0 Å². The molecule has 0 radical (unpaired) electrons. The van der Waals surface area contributed by atoms with Gasteiger partial charge < -0.3 is 10.2 Å². The number of hydrogen-bond acceptors (Lipinski definition) is 4. The van der Waals surface area contributed by atoms with Gasteiger partial charge in [0.2, 0.25) is 0 Å². The summed E-state index contributed by atoms with van der Waals surface area (Å²) in [5.74, 6) is 0.806. The number of hydrogen-bond donors (Lipinski definition) is 2. The van der Waals surface area contributed by atoms with Crippen LogP contribution >= 0.6 is 0 Å². The molecule has 118 valence electrons. The molecular formula is C18H24N2O2. The lowest BCUT2D eigenvalue weighted by molar-refractivity contribution is 0.0762. The first-order chi connectivity index (χ1) is 10.7. The van der Waals surface area contributed by atoms with Crippen molar-refractivity contribution in [1.29, 1.82) is 5.26 Å². The first kappa shape index (κ1) is 15.2. The predicted octanol–water partition coefficient (Wildman–Crippen LogP) is 3.14. The first-order valence-corrected chi connectivity index (χ1v) is 8.30. The molecule has 1 aromatic carbocycles. The Morgan fingerprint density at radius 3 is 2.91 bits per heavy atom. The van der Waals surface area contributed by atoms with Crippen molar-refractivity contribution in [2.75, 3.05) is 13.1 Å². The molecule has 2 N–H and O–H groups in total. The molecule has 1 heterocycles. The molecule has 4 nitrogen and oxygen atoms in total. The average molecular weight is 300 g/mol. The van der Waals surface area contributed by atoms with Gasteiger partial charge in [-0.25, -0.2) is 0 Å². The van der Waals surface area contributed by atoms with Crippen LogP contribution in [0.5, 0.6) is 11.5 Å². The summed E-state index contributed by atoms with van der Waals surface area (Å²) in [5.41, 5.74) is 2.09. The number of benzene rings is 1. The van der Waals surface area contributed by atoms with Crippen LogP contribution in [0.1, 0.15) is 49.7 Å². The smallest absolute Gasteiger partial charge is 0.160 e. The van der Waals surface area contributed by atoms with E-state index in [2.05, 4.69) is 17.9 Å². The minimum Gasteiger partial charge on any atom is -0.504 e. The molecule has 0 spiro atoms. The Morgan fingerprint density at radius 1 is 1.36 bits per heavy atom. The zero-order chi connectivity index (χ0) is 15.7. The van der Waals surface area contributed by atoms with Crippen LogP contribution in [0.3, 0.4) is 0 Å². The monoisotopic (exact) mass is 300 g/mol. The van der Waals surface area contributed by atoms with Gasteiger partial charge in [0, 0.05) is 30.5 Å². The quantitative estimate of drug-likeness (QED) is 0.842. The highest BCUT2D eigenvalue weighted by Gasteiger charge is 2.40. The maximum absolute atomic E-state index is 10.2. The molecule has 2 aliphatic rings. The lowest BCUT2D eigenvalue weighted by Gasteiger charge is -2.47. The fourth-order valence-corrected chi connectivity index (χ4v) is 4.39. The maximum Gasteiger partial charge on any atom is 0.160 e. The van der Waals surface area contributed by atoms with Gasteiger partial charge in [0.1, 0.15) is 0 Å². The van der Waals surface area contributed by atoms with Gasteiger partial charge in [0.15, 0.2) is 11.5 Å². The number of aromatic hydroxyl groups is 2. The Bertz CT molecular complexity index is 593. The summed E-state index contributed by atoms with van der Waals surface area (Å²) in [6, 6.07) is 6.41. The molecule has 1 saturated heterocycles. The van der Waals surface area contributed by atoms with E-state index in [1.807, 2.05) is 6.07 Å². The van der Waals surface area contributed by atoms with Crippen LogP contribution in [0.25, 0.3) is 0 Å². The highest BCUT2D eigenvalue weighted by Crippen LogP contribution is 2.47. The van der Waals surface area contributed by atoms with Crippen LogP contribution in [0.2, 0.25) is 0 Å². The number of likely N-dealkylation sites (tertiary alicyclic amines) is 1. The molecule has 0 saturated carbocycles. The molecule has 1 aliphatic carbocycles. The Labute approximate surface area is 132 Å². The van der Waals surface area contributed by atoms with Gasteiger partial charge in [-0.1, -0.05) is 13.0 Å². The lowest BCUT2D eigenvalue weighted by atomic mass is 9.71. The molecule has 0 aromatic heterocycles. The number of phenolic OH excluding ortho intramolecular Hbond substituents is 2. The van der Waals surface area contributed by atoms with E-state index in [1.165, 1.54) is 5.56 Å². The van der Waals surface area contributed by atoms with Crippen molar-refractivity contribution in [3.05, 3.63) is 23.3 Å². The van der Waals surface area contributed by atoms with Crippen molar-refractivity contribution < 1.29 is 10.2 Å². The summed E-state index contributed by atoms with van der Waals surface area (Å²) in [5, 5.41) is 29.0. The zero-order valence-electron chi connectivity index (χ0n) is 13.1. The SMILES string of the molecule is CCCN1C[C@H](CC#N)C[C@@H]2c3ccc(O)c(O)c3CC[C@H]21. The third kappa shape index (κ3) is 2.55. The fraction of sp³-hybridized carbons (Fsp3) is 0.611. The number of rotatable bonds is 3. The zero-order valence-corrected chi connectivity index (χ0v) is 13.1. The number of fused-ring (bicyclic) bond motifs is 3. The van der Waals surface area contributed by atoms with Crippen molar-refractivity contribution in [2.24, 2.45) is 5.92 Å². The minimum absolute atomic E-state index is 0.0213. The van der Waals surface area contributed by atoms with Gasteiger partial charge in [-0.15, -0.1) is 0 Å². The van der Waals surface area contributed by atoms with Gasteiger partial charge in [0.25, 0.3) is 0 Å². The van der Waals surface area contributed by atoms with E-state index < -0.39 is 0 Å². The molecule has 1 fully saturated rings. The van der Waals surface area contributed by atoms with Gasteiger partial charge >= 0.3 is 0 Å². The van der Waals surface area contributed by atoms with E-state index >= 15 is 0 Å². The Hall–Kier alpha value is -1.73. The second-order valence-corrected chi connectivity index (χ2v) is 6.67. The molecule has 3 atom stereocenters. The van der Waals surface area contributed by atoms with Crippen molar-refractivity contribution in [1.82, 2.24) is 4.90 Å². The summed E-state index contributed by atoms with van der Waals surface area (Å²) < 4.78 is 0. The summed E-state index contributed by atoms with van der Waals surface area (Å²) in [4.78, 5) is 2.54. The summed E-state index contributed by atoms with van der Waals surface area (Å²) in [6.45, 7) is 4.29. The molecular weight excluding hydrogens is 276 g/mol. The lowest BCUT2D eigenvalue weighted by Crippen LogP contribution is -2.49. The molecule has 1 aromatic rings. The van der Waals surface area contributed by atoms with Crippen molar-refractivity contribution in [2.45, 2.75) is 51.0 Å². The van der Waals surface area contributed by atoms with Gasteiger partial charge in [-0.2, -0.15) is 5.26 Å². The van der Waals surface area contributed by atoms with Crippen LogP contribution in [0.15, 0.2) is 12.1 Å². The van der Waals surface area contributed by atoms with Crippen LogP contribution in [0.4, 0.5) is 0 Å². The standard InChI is InChI=1S/C18H24N2O2/c1-2-9-20-11-12(7-8-19)10-15-13-4-6-17(21)18(22)14(13)3-5-16(15)20/h4,6,12,15-16,21-22H,2-3,5,7,9-11H2,1H3/t12-,15-,16-/m1/s1. The third-order valence-corrected chi connectivity index (χ3v) is 5.29. The average Bonchev–Trinajstić information content (AvgIpc) is 2.51. The van der Waals surface area contributed by atoms with Crippen LogP contribution in [-0.2, 0) is 6.42 Å². The van der Waals surface area contributed by atoms with Crippen LogP contribution in [-0.4, -0.2) is 34.2 Å². The molecule has 0 amide bonds. The summed E-state index contributed by atoms with van der Waals surface area (Å²) >= 11 is 0. The number of phenols is 2. The fourth-order valence-electron chi connectivity index (χ4n) is 4.39. The number of piperidine rings is 1. The molecule has 0 bridgehead atoms. The Morgan fingerprint density at radius 2 is 2.18 bits per heavy atom. The normalized spacial score (nSPS) is 27.7. The highest BCUT2D eigenvalue weighted by atomic mass is 16.3. The van der Waals surface area contributed by atoms with Crippen molar-refractivity contribution in [3.8, 4) is 17.6 Å². The number of nitrogens with zero attached hydrogens (tertiary/aromatic N) is 2. The van der Waals surface area contributed by atoms with E-state index in [0.717, 1.165) is 44.3 Å². The topological polar surface area (TPSA) is 67.5 Å². The van der Waals surface area contributed by atoms with E-state index in [-0.39, 0.29) is 11.5 Å². The van der Waals surface area contributed by atoms with E-state index in [4.69, 9.17) is 5.26 Å². The first-order valence-electron chi connectivity index (χ1n) is 8.30. The van der Waals surface area contributed by atoms with Crippen LogP contribution < -0.4 is 0 Å². The third-order valence-electron chi connectivity index (χ3n) is 5.29. The number of nitriles is 1. The predicted molar refractivity (Wildman–Crippen MR) is 84.8 cm³/mol. The van der Waals surface area contributed by atoms with E-state index in [0.29, 0.717) is 24.3 Å². The van der Waals surface area contributed by atoms with E-state index in [1.54, 1.807) is 6.07 Å². The second kappa shape index (κ2) is 6.18. The largest absolute Gasteiger partial charge is 0.504 e. The Kier molecular flexibility index (Phi) is 4.26.